The summed E-state index contributed by atoms with van der Waals surface area (Å²) in [6.45, 7) is 0.287. The summed E-state index contributed by atoms with van der Waals surface area (Å²) in [5.41, 5.74) is 1.19. The average Bonchev–Trinajstić information content (AvgIpc) is 2.91. The van der Waals surface area contributed by atoms with Crippen LogP contribution in [0.2, 0.25) is 0 Å². The molecule has 1 aromatic carbocycles. The first kappa shape index (κ1) is 13.7. The van der Waals surface area contributed by atoms with Gasteiger partial charge < -0.3 is 5.32 Å². The highest BCUT2D eigenvalue weighted by atomic mass is 32.2. The van der Waals surface area contributed by atoms with Gasteiger partial charge >= 0.3 is 0 Å². The molecular formula is C13H13FN4O2S. The minimum atomic E-state index is -3.78. The van der Waals surface area contributed by atoms with Gasteiger partial charge in [0.2, 0.25) is 5.95 Å². The van der Waals surface area contributed by atoms with E-state index in [0.717, 1.165) is 5.56 Å². The van der Waals surface area contributed by atoms with Crippen LogP contribution in [0.4, 0.5) is 16.0 Å². The number of hydrogen-bond acceptors (Lipinski definition) is 5. The second-order valence-electron chi connectivity index (χ2n) is 4.59. The lowest BCUT2D eigenvalue weighted by molar-refractivity contribution is 0.591. The molecule has 0 aliphatic carbocycles. The van der Waals surface area contributed by atoms with Crippen molar-refractivity contribution in [1.29, 1.82) is 0 Å². The van der Waals surface area contributed by atoms with Crippen molar-refractivity contribution in [2.75, 3.05) is 23.2 Å². The fraction of sp³-hybridized carbons (Fsp3) is 0.231. The molecule has 3 rings (SSSR count). The summed E-state index contributed by atoms with van der Waals surface area (Å²) in [5, 5.41) is 2.72. The van der Waals surface area contributed by atoms with E-state index in [2.05, 4.69) is 15.3 Å². The normalized spacial score (nSPS) is 14.1. The quantitative estimate of drug-likeness (QED) is 0.928. The lowest BCUT2D eigenvalue weighted by Gasteiger charge is -2.19. The zero-order chi connectivity index (χ0) is 15.0. The van der Waals surface area contributed by atoms with Gasteiger partial charge in [-0.2, -0.15) is 0 Å². The monoisotopic (exact) mass is 308 g/mol. The maximum absolute atomic E-state index is 13.4. The van der Waals surface area contributed by atoms with Gasteiger partial charge in [-0.15, -0.1) is 0 Å². The minimum Gasteiger partial charge on any atom is -0.357 e. The van der Waals surface area contributed by atoms with Crippen LogP contribution in [0.15, 0.2) is 35.5 Å². The number of sulfonamides is 1. The van der Waals surface area contributed by atoms with E-state index in [-0.39, 0.29) is 11.4 Å². The van der Waals surface area contributed by atoms with Crippen LogP contribution in [0.5, 0.6) is 0 Å². The third-order valence-corrected chi connectivity index (χ3v) is 5.11. The van der Waals surface area contributed by atoms with Crippen LogP contribution in [-0.2, 0) is 16.4 Å². The number of halogens is 1. The summed E-state index contributed by atoms with van der Waals surface area (Å²) in [6, 6.07) is 4.18. The van der Waals surface area contributed by atoms with Gasteiger partial charge in [0.1, 0.15) is 10.7 Å². The molecule has 0 bridgehead atoms. The van der Waals surface area contributed by atoms with Crippen molar-refractivity contribution < 1.29 is 12.8 Å². The second-order valence-corrected chi connectivity index (χ2v) is 6.45. The predicted molar refractivity (Wildman–Crippen MR) is 76.2 cm³/mol. The Morgan fingerprint density at radius 1 is 1.29 bits per heavy atom. The summed E-state index contributed by atoms with van der Waals surface area (Å²) < 4.78 is 39.8. The molecule has 1 aromatic heterocycles. The first-order chi connectivity index (χ1) is 10.0. The van der Waals surface area contributed by atoms with Crippen LogP contribution in [0, 0.1) is 5.82 Å². The maximum atomic E-state index is 13.4. The molecular weight excluding hydrogens is 295 g/mol. The number of rotatable bonds is 3. The Morgan fingerprint density at radius 3 is 2.67 bits per heavy atom. The van der Waals surface area contributed by atoms with E-state index in [1.807, 2.05) is 0 Å². The van der Waals surface area contributed by atoms with Crippen molar-refractivity contribution >= 4 is 21.7 Å². The standard InChI is InChI=1S/C13H13FN4O2S/c1-15-13-16-7-11(8-17-13)21(19,20)18-5-4-9-2-3-10(14)6-12(9)18/h2-3,6-8H,4-5H2,1H3,(H,15,16,17). The van der Waals surface area contributed by atoms with Crippen LogP contribution in [0.3, 0.4) is 0 Å². The van der Waals surface area contributed by atoms with Crippen molar-refractivity contribution in [3.05, 3.63) is 42.0 Å². The molecule has 21 heavy (non-hydrogen) atoms. The molecule has 1 aliphatic rings. The third kappa shape index (κ3) is 2.31. The molecule has 1 aliphatic heterocycles. The van der Waals surface area contributed by atoms with E-state index in [1.165, 1.54) is 28.8 Å². The third-order valence-electron chi connectivity index (χ3n) is 3.34. The highest BCUT2D eigenvalue weighted by Gasteiger charge is 2.31. The minimum absolute atomic E-state index is 0.0152. The Morgan fingerprint density at radius 2 is 2.00 bits per heavy atom. The van der Waals surface area contributed by atoms with E-state index in [0.29, 0.717) is 18.1 Å². The Kier molecular flexibility index (Phi) is 3.25. The maximum Gasteiger partial charge on any atom is 0.267 e. The molecule has 0 fully saturated rings. The van der Waals surface area contributed by atoms with Crippen molar-refractivity contribution in [3.8, 4) is 0 Å². The SMILES string of the molecule is CNc1ncc(S(=O)(=O)N2CCc3ccc(F)cc32)cn1. The number of anilines is 2. The molecule has 0 spiro atoms. The van der Waals surface area contributed by atoms with Gasteiger partial charge in [-0.1, -0.05) is 6.07 Å². The van der Waals surface area contributed by atoms with Gasteiger partial charge in [0, 0.05) is 13.6 Å². The van der Waals surface area contributed by atoms with Crippen LogP contribution in [0.25, 0.3) is 0 Å². The molecule has 0 radical (unpaired) electrons. The molecule has 2 aromatic rings. The number of nitrogens with zero attached hydrogens (tertiary/aromatic N) is 3. The number of nitrogens with one attached hydrogen (secondary N) is 1. The first-order valence-electron chi connectivity index (χ1n) is 6.33. The average molecular weight is 308 g/mol. The van der Waals surface area contributed by atoms with Crippen LogP contribution in [-0.4, -0.2) is 32.0 Å². The Balaban J connectivity index is 2.02. The van der Waals surface area contributed by atoms with Gasteiger partial charge in [0.15, 0.2) is 0 Å². The lowest BCUT2D eigenvalue weighted by atomic mass is 10.2. The topological polar surface area (TPSA) is 75.2 Å². The molecule has 8 heteroatoms. The summed E-state index contributed by atoms with van der Waals surface area (Å²) in [5.74, 6) is -0.126. The van der Waals surface area contributed by atoms with E-state index in [4.69, 9.17) is 0 Å². The highest BCUT2D eigenvalue weighted by molar-refractivity contribution is 7.92. The van der Waals surface area contributed by atoms with Crippen molar-refractivity contribution in [2.24, 2.45) is 0 Å². The molecule has 0 unspecified atom stereocenters. The first-order valence-corrected chi connectivity index (χ1v) is 7.77. The van der Waals surface area contributed by atoms with E-state index < -0.39 is 15.8 Å². The molecule has 1 N–H and O–H groups in total. The molecule has 0 saturated carbocycles. The van der Waals surface area contributed by atoms with Crippen LogP contribution >= 0.6 is 0 Å². The van der Waals surface area contributed by atoms with Gasteiger partial charge in [-0.25, -0.2) is 22.8 Å². The van der Waals surface area contributed by atoms with Crippen molar-refractivity contribution in [1.82, 2.24) is 9.97 Å². The molecule has 0 saturated heterocycles. The van der Waals surface area contributed by atoms with Crippen molar-refractivity contribution in [2.45, 2.75) is 11.3 Å². The highest BCUT2D eigenvalue weighted by Crippen LogP contribution is 2.33. The Hall–Kier alpha value is -2.22. The zero-order valence-electron chi connectivity index (χ0n) is 11.2. The van der Waals surface area contributed by atoms with E-state index >= 15 is 0 Å². The van der Waals surface area contributed by atoms with Gasteiger partial charge in [-0.05, 0) is 24.1 Å². The van der Waals surface area contributed by atoms with Gasteiger partial charge in [0.25, 0.3) is 10.0 Å². The summed E-state index contributed by atoms with van der Waals surface area (Å²) >= 11 is 0. The second kappa shape index (κ2) is 4.96. The Labute approximate surface area is 121 Å². The molecule has 6 nitrogen and oxygen atoms in total. The summed E-state index contributed by atoms with van der Waals surface area (Å²) in [6.07, 6.45) is 3.04. The summed E-state index contributed by atoms with van der Waals surface area (Å²) in [4.78, 5) is 7.80. The fourth-order valence-corrected chi connectivity index (χ4v) is 3.67. The number of benzene rings is 1. The Bertz CT molecular complexity index is 777. The fourth-order valence-electron chi connectivity index (χ4n) is 2.28. The van der Waals surface area contributed by atoms with E-state index in [1.54, 1.807) is 13.1 Å². The molecule has 2 heterocycles. The smallest absolute Gasteiger partial charge is 0.267 e. The lowest BCUT2D eigenvalue weighted by Crippen LogP contribution is -2.29. The van der Waals surface area contributed by atoms with Gasteiger partial charge in [0.05, 0.1) is 18.1 Å². The molecule has 110 valence electrons. The van der Waals surface area contributed by atoms with Crippen LogP contribution in [0.1, 0.15) is 5.56 Å². The zero-order valence-corrected chi connectivity index (χ0v) is 12.1. The number of fused-ring (bicyclic) bond motifs is 1. The number of aromatic nitrogens is 2. The number of hydrogen-bond donors (Lipinski definition) is 1. The molecule has 0 amide bonds. The van der Waals surface area contributed by atoms with Gasteiger partial charge in [-0.3, -0.25) is 4.31 Å². The van der Waals surface area contributed by atoms with Crippen molar-refractivity contribution in [3.63, 3.8) is 0 Å². The van der Waals surface area contributed by atoms with Crippen LogP contribution < -0.4 is 9.62 Å². The summed E-state index contributed by atoms with van der Waals surface area (Å²) in [7, 11) is -2.14. The predicted octanol–water partition coefficient (Wildman–Crippen LogP) is 1.41. The van der Waals surface area contributed by atoms with E-state index in [9.17, 15) is 12.8 Å². The largest absolute Gasteiger partial charge is 0.357 e. The molecule has 0 atom stereocenters.